The molecule has 0 aromatic heterocycles. The van der Waals surface area contributed by atoms with Crippen molar-refractivity contribution in [2.75, 3.05) is 16.8 Å². The Morgan fingerprint density at radius 3 is 2.60 bits per heavy atom. The maximum absolute atomic E-state index is 14.7. The third kappa shape index (κ3) is 5.19. The first-order valence-corrected chi connectivity index (χ1v) is 14.7. The molecule has 3 N–H and O–H groups in total. The highest BCUT2D eigenvalue weighted by Crippen LogP contribution is 2.47. The number of fused-ring (bicyclic) bond motifs is 3. The summed E-state index contributed by atoms with van der Waals surface area (Å²) in [7, 11) is 0. The molecule has 3 heterocycles. The van der Waals surface area contributed by atoms with E-state index in [2.05, 4.69) is 22.0 Å². The average molecular weight is 587 g/mol. The van der Waals surface area contributed by atoms with E-state index in [0.29, 0.717) is 11.3 Å². The zero-order chi connectivity index (χ0) is 30.7. The van der Waals surface area contributed by atoms with Gasteiger partial charge in [0.15, 0.2) is 0 Å². The standard InChI is InChI=1S/C32H35FN6O4/c1-31(2,3)15-26(28(41)38-17-32(14-21(38)16-34)22-6-4-5-7-23(22)36-29(32)42)39-25-13-19(33)9-8-18(25)12-24(27(39)40)37-30(43)35-20-10-11-20/h4-9,13,20-21,24,26H,10-12,14-15,17H2,1-3H3,(H,36,42)(H2,35,37,43)/t21-,24-,26-,32-/m0/s1. The lowest BCUT2D eigenvalue weighted by Gasteiger charge is -2.42. The Balaban J connectivity index is 1.38. The first-order chi connectivity index (χ1) is 20.4. The van der Waals surface area contributed by atoms with Crippen LogP contribution in [0.5, 0.6) is 0 Å². The molecule has 11 heteroatoms. The number of halogens is 1. The molecule has 0 bridgehead atoms. The van der Waals surface area contributed by atoms with Crippen LogP contribution in [0.2, 0.25) is 0 Å². The minimum Gasteiger partial charge on any atom is -0.335 e. The van der Waals surface area contributed by atoms with E-state index in [1.165, 1.54) is 21.9 Å². The quantitative estimate of drug-likeness (QED) is 0.494. The van der Waals surface area contributed by atoms with Gasteiger partial charge in [0, 0.05) is 31.1 Å². The van der Waals surface area contributed by atoms with E-state index in [-0.39, 0.29) is 43.4 Å². The summed E-state index contributed by atoms with van der Waals surface area (Å²) >= 11 is 0. The number of amides is 5. The summed E-state index contributed by atoms with van der Waals surface area (Å²) in [6.07, 6.45) is 2.21. The number of anilines is 2. The average Bonchev–Trinajstić information content (AvgIpc) is 3.60. The molecule has 43 heavy (non-hydrogen) atoms. The van der Waals surface area contributed by atoms with Crippen LogP contribution < -0.4 is 20.9 Å². The topological polar surface area (TPSA) is 135 Å². The van der Waals surface area contributed by atoms with Gasteiger partial charge < -0.3 is 20.9 Å². The van der Waals surface area contributed by atoms with Crippen molar-refractivity contribution in [3.05, 3.63) is 59.4 Å². The third-order valence-corrected chi connectivity index (χ3v) is 8.80. The number of rotatable bonds is 5. The fraction of sp³-hybridized carbons (Fsp3) is 0.469. The van der Waals surface area contributed by atoms with Crippen molar-refractivity contribution >= 4 is 35.1 Å². The van der Waals surface area contributed by atoms with Gasteiger partial charge in [-0.2, -0.15) is 5.26 Å². The molecule has 1 saturated heterocycles. The van der Waals surface area contributed by atoms with Crippen molar-refractivity contribution < 1.29 is 23.6 Å². The lowest BCUT2D eigenvalue weighted by molar-refractivity contribution is -0.136. The van der Waals surface area contributed by atoms with Gasteiger partial charge in [0.25, 0.3) is 5.91 Å². The van der Waals surface area contributed by atoms with Crippen LogP contribution in [0.25, 0.3) is 0 Å². The second-order valence-corrected chi connectivity index (χ2v) is 13.3. The van der Waals surface area contributed by atoms with Crippen LogP contribution in [-0.2, 0) is 26.2 Å². The number of likely N-dealkylation sites (tertiary alicyclic amines) is 1. The van der Waals surface area contributed by atoms with Crippen molar-refractivity contribution in [1.82, 2.24) is 15.5 Å². The van der Waals surface area contributed by atoms with E-state index in [9.17, 15) is 28.8 Å². The monoisotopic (exact) mass is 586 g/mol. The van der Waals surface area contributed by atoms with Crippen LogP contribution in [0.3, 0.4) is 0 Å². The number of nitriles is 1. The van der Waals surface area contributed by atoms with Gasteiger partial charge in [0.05, 0.1) is 17.2 Å². The van der Waals surface area contributed by atoms with Gasteiger partial charge >= 0.3 is 6.03 Å². The normalized spacial score (nSPS) is 25.1. The van der Waals surface area contributed by atoms with E-state index in [1.54, 1.807) is 12.1 Å². The minimum atomic E-state index is -1.12. The fourth-order valence-corrected chi connectivity index (χ4v) is 6.62. The molecule has 10 nitrogen and oxygen atoms in total. The van der Waals surface area contributed by atoms with Gasteiger partial charge in [-0.3, -0.25) is 19.3 Å². The summed E-state index contributed by atoms with van der Waals surface area (Å²) in [5.41, 5.74) is 0.700. The number of nitrogens with zero attached hydrogens (tertiary/aromatic N) is 3. The van der Waals surface area contributed by atoms with Gasteiger partial charge in [-0.1, -0.05) is 45.0 Å². The second-order valence-electron chi connectivity index (χ2n) is 13.3. The summed E-state index contributed by atoms with van der Waals surface area (Å²) < 4.78 is 14.7. The largest absolute Gasteiger partial charge is 0.335 e. The highest BCUT2D eigenvalue weighted by atomic mass is 19.1. The van der Waals surface area contributed by atoms with Crippen molar-refractivity contribution in [2.24, 2.45) is 5.41 Å². The molecule has 4 aliphatic rings. The number of carbonyl (C=O) groups excluding carboxylic acids is 4. The number of nitrogens with one attached hydrogen (secondary N) is 3. The molecule has 2 fully saturated rings. The lowest BCUT2D eigenvalue weighted by Crippen LogP contribution is -2.61. The van der Waals surface area contributed by atoms with Crippen LogP contribution in [-0.4, -0.2) is 59.4 Å². The molecule has 1 saturated carbocycles. The zero-order valence-corrected chi connectivity index (χ0v) is 24.4. The first kappa shape index (κ1) is 28.6. The minimum absolute atomic E-state index is 0.0307. The molecule has 224 valence electrons. The van der Waals surface area contributed by atoms with Crippen molar-refractivity contribution in [3.8, 4) is 6.07 Å². The Morgan fingerprint density at radius 1 is 1.16 bits per heavy atom. The maximum Gasteiger partial charge on any atom is 0.315 e. The van der Waals surface area contributed by atoms with Gasteiger partial charge in [-0.25, -0.2) is 9.18 Å². The van der Waals surface area contributed by atoms with Crippen molar-refractivity contribution in [2.45, 2.75) is 82.5 Å². The van der Waals surface area contributed by atoms with E-state index in [0.717, 1.165) is 18.4 Å². The second kappa shape index (κ2) is 10.4. The Labute approximate surface area is 249 Å². The predicted molar refractivity (Wildman–Crippen MR) is 156 cm³/mol. The van der Waals surface area contributed by atoms with Crippen LogP contribution in [0.15, 0.2) is 42.5 Å². The Hall–Kier alpha value is -4.46. The molecule has 0 unspecified atom stereocenters. The lowest BCUT2D eigenvalue weighted by atomic mass is 9.80. The van der Waals surface area contributed by atoms with E-state index >= 15 is 0 Å². The van der Waals surface area contributed by atoms with Crippen molar-refractivity contribution in [3.63, 3.8) is 0 Å². The third-order valence-electron chi connectivity index (χ3n) is 8.80. The summed E-state index contributed by atoms with van der Waals surface area (Å²) in [6, 6.07) is 10.2. The van der Waals surface area contributed by atoms with E-state index in [1.807, 2.05) is 39.0 Å². The van der Waals surface area contributed by atoms with Crippen molar-refractivity contribution in [1.29, 1.82) is 5.26 Å². The predicted octanol–water partition coefficient (Wildman–Crippen LogP) is 3.36. The highest BCUT2D eigenvalue weighted by Gasteiger charge is 2.57. The van der Waals surface area contributed by atoms with Crippen LogP contribution >= 0.6 is 0 Å². The first-order valence-electron chi connectivity index (χ1n) is 14.7. The smallest absolute Gasteiger partial charge is 0.315 e. The Morgan fingerprint density at radius 2 is 1.91 bits per heavy atom. The number of hydrogen-bond acceptors (Lipinski definition) is 5. The molecule has 1 aliphatic carbocycles. The number of carbonyl (C=O) groups is 4. The van der Waals surface area contributed by atoms with Gasteiger partial charge in [0.1, 0.15) is 23.9 Å². The van der Waals surface area contributed by atoms with E-state index < -0.39 is 52.6 Å². The molecule has 4 atom stereocenters. The molecule has 0 radical (unpaired) electrons. The maximum atomic E-state index is 14.7. The van der Waals surface area contributed by atoms with Crippen LogP contribution in [0.1, 0.15) is 57.6 Å². The van der Waals surface area contributed by atoms with Gasteiger partial charge in [-0.05, 0) is 54.0 Å². The molecule has 2 aromatic rings. The zero-order valence-electron chi connectivity index (χ0n) is 24.4. The van der Waals surface area contributed by atoms with E-state index in [4.69, 9.17) is 0 Å². The number of benzene rings is 2. The summed E-state index contributed by atoms with van der Waals surface area (Å²) in [5.74, 6) is -1.87. The summed E-state index contributed by atoms with van der Waals surface area (Å²) in [5, 5.41) is 18.7. The molecule has 1 spiro atoms. The molecule has 3 aliphatic heterocycles. The summed E-state index contributed by atoms with van der Waals surface area (Å²) in [6.45, 7) is 5.76. The number of para-hydroxylation sites is 1. The highest BCUT2D eigenvalue weighted by molar-refractivity contribution is 6.09. The number of urea groups is 1. The van der Waals surface area contributed by atoms with Gasteiger partial charge in [0.2, 0.25) is 11.8 Å². The molecule has 6 rings (SSSR count). The molecule has 2 aromatic carbocycles. The molecular formula is C32H35FN6O4. The van der Waals surface area contributed by atoms with Crippen LogP contribution in [0, 0.1) is 22.6 Å². The van der Waals surface area contributed by atoms with Gasteiger partial charge in [-0.15, -0.1) is 0 Å². The van der Waals surface area contributed by atoms with Crippen LogP contribution in [0.4, 0.5) is 20.6 Å². The summed E-state index contributed by atoms with van der Waals surface area (Å²) in [4.78, 5) is 57.5. The fourth-order valence-electron chi connectivity index (χ4n) is 6.62. The Bertz CT molecular complexity index is 1560. The molecular weight excluding hydrogens is 551 g/mol. The Kier molecular flexibility index (Phi) is 6.91. The number of hydrogen-bond donors (Lipinski definition) is 3. The SMILES string of the molecule is CC(C)(C)C[C@@H](C(=O)N1C[C@]2(C[C@H]1C#N)C(=O)Nc1ccccc12)N1C(=O)[C@@H](NC(=O)NC2CC2)Cc2ccc(F)cc21. The molecule has 5 amide bonds.